The lowest BCUT2D eigenvalue weighted by atomic mass is 10.2. The van der Waals surface area contributed by atoms with Crippen LogP contribution in [-0.2, 0) is 9.53 Å². The van der Waals surface area contributed by atoms with Crippen molar-refractivity contribution in [3.63, 3.8) is 0 Å². The van der Waals surface area contributed by atoms with Crippen molar-refractivity contribution in [1.82, 2.24) is 16.2 Å². The summed E-state index contributed by atoms with van der Waals surface area (Å²) in [7, 11) is 0. The fourth-order valence-corrected chi connectivity index (χ4v) is 2.59. The molecule has 1 atom stereocenters. The summed E-state index contributed by atoms with van der Waals surface area (Å²) in [6.07, 6.45) is 0.867. The van der Waals surface area contributed by atoms with Gasteiger partial charge in [-0.15, -0.1) is 0 Å². The van der Waals surface area contributed by atoms with Gasteiger partial charge in [0.2, 0.25) is 0 Å². The number of hydrogen-bond donors (Lipinski definition) is 3. The van der Waals surface area contributed by atoms with E-state index in [0.717, 1.165) is 6.42 Å². The number of carbonyl (C=O) groups is 3. The summed E-state index contributed by atoms with van der Waals surface area (Å²) >= 11 is 5.03. The smallest absolute Gasteiger partial charge is 0.338 e. The maximum absolute atomic E-state index is 12.4. The maximum atomic E-state index is 12.4. The van der Waals surface area contributed by atoms with Crippen LogP contribution in [0.15, 0.2) is 48.5 Å². The Bertz CT molecular complexity index is 980. The Kier molecular flexibility index (Phi) is 10.1. The third-order valence-corrected chi connectivity index (χ3v) is 4.49. The number of benzene rings is 2. The van der Waals surface area contributed by atoms with Crippen molar-refractivity contribution < 1.29 is 28.6 Å². The number of hydrazine groups is 1. The zero-order chi connectivity index (χ0) is 24.2. The topological polar surface area (TPSA) is 115 Å². The molecule has 2 aromatic rings. The minimum absolute atomic E-state index is 0.0268. The second-order valence-electron chi connectivity index (χ2n) is 6.85. The highest BCUT2D eigenvalue weighted by Gasteiger charge is 2.11. The first-order chi connectivity index (χ1) is 15.8. The summed E-state index contributed by atoms with van der Waals surface area (Å²) in [4.78, 5) is 35.9. The molecular weight excluding hydrogens is 446 g/mol. The van der Waals surface area contributed by atoms with E-state index >= 15 is 0 Å². The lowest BCUT2D eigenvalue weighted by molar-refractivity contribution is -0.123. The highest BCUT2D eigenvalue weighted by atomic mass is 32.1. The predicted octanol–water partition coefficient (Wildman–Crippen LogP) is 2.76. The average Bonchev–Trinajstić information content (AvgIpc) is 2.82. The quantitative estimate of drug-likeness (QED) is 0.289. The van der Waals surface area contributed by atoms with E-state index in [4.69, 9.17) is 26.4 Å². The van der Waals surface area contributed by atoms with Crippen LogP contribution >= 0.6 is 12.2 Å². The molecule has 0 bridgehead atoms. The Morgan fingerprint density at radius 1 is 0.970 bits per heavy atom. The van der Waals surface area contributed by atoms with Gasteiger partial charge in [-0.05, 0) is 75.0 Å². The third-order valence-electron chi connectivity index (χ3n) is 4.29. The largest absolute Gasteiger partial charge is 0.491 e. The molecule has 0 aromatic heterocycles. The van der Waals surface area contributed by atoms with Crippen molar-refractivity contribution in [1.29, 1.82) is 0 Å². The monoisotopic (exact) mass is 473 g/mol. The molecular formula is C23H27N3O6S. The number of hydrogen-bond acceptors (Lipinski definition) is 7. The van der Waals surface area contributed by atoms with E-state index in [-0.39, 0.29) is 24.4 Å². The molecule has 0 heterocycles. The van der Waals surface area contributed by atoms with E-state index in [0.29, 0.717) is 22.6 Å². The third kappa shape index (κ3) is 8.77. The van der Waals surface area contributed by atoms with Gasteiger partial charge in [0, 0.05) is 5.56 Å². The Hall–Kier alpha value is -3.66. The Morgan fingerprint density at radius 3 is 2.36 bits per heavy atom. The molecule has 2 amide bonds. The van der Waals surface area contributed by atoms with Gasteiger partial charge in [0.25, 0.3) is 11.8 Å². The number of esters is 1. The Labute approximate surface area is 197 Å². The Morgan fingerprint density at radius 2 is 1.70 bits per heavy atom. The molecule has 3 N–H and O–H groups in total. The molecule has 0 aliphatic rings. The molecule has 0 fully saturated rings. The van der Waals surface area contributed by atoms with Crippen LogP contribution in [0.3, 0.4) is 0 Å². The molecule has 0 spiro atoms. The number of amides is 2. The van der Waals surface area contributed by atoms with Gasteiger partial charge in [-0.1, -0.05) is 13.0 Å². The second-order valence-corrected chi connectivity index (χ2v) is 7.26. The molecule has 2 rings (SSSR count). The zero-order valence-electron chi connectivity index (χ0n) is 18.7. The van der Waals surface area contributed by atoms with Crippen molar-refractivity contribution >= 4 is 35.1 Å². The van der Waals surface area contributed by atoms with Crippen LogP contribution in [0.5, 0.6) is 11.5 Å². The first-order valence-electron chi connectivity index (χ1n) is 10.4. The molecule has 1 unspecified atom stereocenters. The number of thiocarbonyl (C=S) groups is 1. The van der Waals surface area contributed by atoms with Crippen LogP contribution in [0, 0.1) is 0 Å². The molecule has 0 saturated heterocycles. The molecule has 2 aromatic carbocycles. The average molecular weight is 474 g/mol. The van der Waals surface area contributed by atoms with E-state index in [1.54, 1.807) is 43.3 Å². The SMILES string of the molecule is CCOC(=O)c1ccc(OCC(=O)NNC(=S)NC(=O)c2cccc(OC(C)CC)c2)cc1. The number of rotatable bonds is 9. The van der Waals surface area contributed by atoms with E-state index in [1.807, 2.05) is 13.8 Å². The molecule has 10 heteroatoms. The fourth-order valence-electron chi connectivity index (χ4n) is 2.45. The number of carbonyl (C=O) groups excluding carboxylic acids is 3. The van der Waals surface area contributed by atoms with Crippen molar-refractivity contribution in [2.24, 2.45) is 0 Å². The lowest BCUT2D eigenvalue weighted by Gasteiger charge is -2.14. The summed E-state index contributed by atoms with van der Waals surface area (Å²) in [5.74, 6) is -0.430. The first-order valence-corrected chi connectivity index (χ1v) is 10.8. The molecule has 0 aliphatic heterocycles. The van der Waals surface area contributed by atoms with Crippen LogP contribution in [-0.4, -0.2) is 42.2 Å². The van der Waals surface area contributed by atoms with Gasteiger partial charge in [0.1, 0.15) is 11.5 Å². The number of nitrogens with one attached hydrogen (secondary N) is 3. The van der Waals surface area contributed by atoms with Gasteiger partial charge in [-0.2, -0.15) is 0 Å². The van der Waals surface area contributed by atoms with Gasteiger partial charge in [0.15, 0.2) is 11.7 Å². The van der Waals surface area contributed by atoms with Crippen LogP contribution in [0.2, 0.25) is 0 Å². The van der Waals surface area contributed by atoms with Gasteiger partial charge >= 0.3 is 5.97 Å². The predicted molar refractivity (Wildman–Crippen MR) is 126 cm³/mol. The second kappa shape index (κ2) is 13.0. The molecule has 0 radical (unpaired) electrons. The van der Waals surface area contributed by atoms with Gasteiger partial charge in [-0.3, -0.25) is 25.8 Å². The van der Waals surface area contributed by atoms with Crippen molar-refractivity contribution in [3.05, 3.63) is 59.7 Å². The molecule has 0 saturated carbocycles. The maximum Gasteiger partial charge on any atom is 0.338 e. The van der Waals surface area contributed by atoms with Gasteiger partial charge in [0.05, 0.1) is 18.3 Å². The van der Waals surface area contributed by atoms with E-state index in [2.05, 4.69) is 16.2 Å². The van der Waals surface area contributed by atoms with Crippen molar-refractivity contribution in [2.75, 3.05) is 13.2 Å². The summed E-state index contributed by atoms with van der Waals surface area (Å²) in [6.45, 7) is 5.65. The molecule has 176 valence electrons. The van der Waals surface area contributed by atoms with Crippen LogP contribution in [0.4, 0.5) is 0 Å². The highest BCUT2D eigenvalue weighted by molar-refractivity contribution is 7.80. The summed E-state index contributed by atoms with van der Waals surface area (Å²) in [6, 6.07) is 12.9. The van der Waals surface area contributed by atoms with Crippen LogP contribution in [0.25, 0.3) is 0 Å². The van der Waals surface area contributed by atoms with Crippen molar-refractivity contribution in [3.8, 4) is 11.5 Å². The van der Waals surface area contributed by atoms with E-state index in [9.17, 15) is 14.4 Å². The summed E-state index contributed by atoms with van der Waals surface area (Å²) in [5, 5.41) is 2.39. The minimum Gasteiger partial charge on any atom is -0.491 e. The summed E-state index contributed by atoms with van der Waals surface area (Å²) < 4.78 is 16.0. The first kappa shape index (κ1) is 25.6. The Balaban J connectivity index is 1.75. The van der Waals surface area contributed by atoms with Gasteiger partial charge in [-0.25, -0.2) is 4.79 Å². The molecule has 9 nitrogen and oxygen atoms in total. The van der Waals surface area contributed by atoms with E-state index in [1.165, 1.54) is 12.1 Å². The minimum atomic E-state index is -0.523. The molecule has 0 aliphatic carbocycles. The van der Waals surface area contributed by atoms with Crippen LogP contribution in [0.1, 0.15) is 47.9 Å². The van der Waals surface area contributed by atoms with Crippen LogP contribution < -0.4 is 25.6 Å². The standard InChI is InChI=1S/C23H27N3O6S/c1-4-15(3)32-19-8-6-7-17(13-19)21(28)24-23(33)26-25-20(27)14-31-18-11-9-16(10-12-18)22(29)30-5-2/h6-13,15H,4-5,14H2,1-3H3,(H,25,27)(H2,24,26,28,33). The normalized spacial score (nSPS) is 11.0. The molecule has 33 heavy (non-hydrogen) atoms. The van der Waals surface area contributed by atoms with Crippen molar-refractivity contribution in [2.45, 2.75) is 33.3 Å². The highest BCUT2D eigenvalue weighted by Crippen LogP contribution is 2.16. The number of ether oxygens (including phenoxy) is 3. The van der Waals surface area contributed by atoms with Gasteiger partial charge < -0.3 is 14.2 Å². The fraction of sp³-hybridized carbons (Fsp3) is 0.304. The zero-order valence-corrected chi connectivity index (χ0v) is 19.5. The summed E-state index contributed by atoms with van der Waals surface area (Å²) in [5.41, 5.74) is 5.52. The van der Waals surface area contributed by atoms with E-state index < -0.39 is 17.8 Å². The lowest BCUT2D eigenvalue weighted by Crippen LogP contribution is -2.49.